The molecule has 1 amide bonds. The van der Waals surface area contributed by atoms with E-state index in [1.165, 1.54) is 0 Å². The topological polar surface area (TPSA) is 74.2 Å². The molecule has 3 aromatic rings. The van der Waals surface area contributed by atoms with Crippen molar-refractivity contribution < 1.29 is 9.21 Å². The molecule has 0 aliphatic rings. The normalized spacial score (nSPS) is 10.7. The maximum absolute atomic E-state index is 12.7. The standard InChI is InChI=1S/C19H22N4O2/c1-4-23(5-2)15-10-8-14(9-11-15)20-19(24)17-13(3)21-22-18(17)16-7-6-12-25-16/h6-12H,4-5H2,1-3H3,(H,20,24)(H,21,22). The maximum Gasteiger partial charge on any atom is 0.259 e. The largest absolute Gasteiger partial charge is 0.463 e. The SMILES string of the molecule is CCN(CC)c1ccc(NC(=O)c2c(-c3ccco3)n[nH]c2C)cc1. The molecule has 2 heterocycles. The monoisotopic (exact) mass is 338 g/mol. The van der Waals surface area contributed by atoms with E-state index in [1.807, 2.05) is 31.2 Å². The van der Waals surface area contributed by atoms with Gasteiger partial charge in [-0.15, -0.1) is 0 Å². The fourth-order valence-electron chi connectivity index (χ4n) is 2.84. The Bertz CT molecular complexity index is 831. The lowest BCUT2D eigenvalue weighted by molar-refractivity contribution is 0.102. The second-order valence-electron chi connectivity index (χ2n) is 5.72. The lowest BCUT2D eigenvalue weighted by atomic mass is 10.1. The van der Waals surface area contributed by atoms with E-state index in [2.05, 4.69) is 34.3 Å². The molecule has 0 saturated carbocycles. The first-order valence-electron chi connectivity index (χ1n) is 8.39. The summed E-state index contributed by atoms with van der Waals surface area (Å²) in [4.78, 5) is 15.0. The van der Waals surface area contributed by atoms with Gasteiger partial charge in [-0.25, -0.2) is 0 Å². The first-order chi connectivity index (χ1) is 12.1. The molecule has 6 nitrogen and oxygen atoms in total. The number of rotatable bonds is 6. The van der Waals surface area contributed by atoms with E-state index < -0.39 is 0 Å². The van der Waals surface area contributed by atoms with Crippen LogP contribution in [0.5, 0.6) is 0 Å². The molecule has 0 aliphatic heterocycles. The molecule has 0 fully saturated rings. The molecule has 2 N–H and O–H groups in total. The van der Waals surface area contributed by atoms with Crippen LogP contribution in [0.1, 0.15) is 29.9 Å². The molecular formula is C19H22N4O2. The maximum atomic E-state index is 12.7. The Balaban J connectivity index is 1.80. The lowest BCUT2D eigenvalue weighted by Crippen LogP contribution is -2.21. The van der Waals surface area contributed by atoms with Gasteiger partial charge in [-0.2, -0.15) is 5.10 Å². The smallest absolute Gasteiger partial charge is 0.259 e. The van der Waals surface area contributed by atoms with Gasteiger partial charge in [0.15, 0.2) is 5.76 Å². The molecule has 0 unspecified atom stereocenters. The molecular weight excluding hydrogens is 316 g/mol. The third kappa shape index (κ3) is 3.42. The number of aromatic amines is 1. The molecule has 0 radical (unpaired) electrons. The van der Waals surface area contributed by atoms with E-state index in [0.717, 1.165) is 24.5 Å². The van der Waals surface area contributed by atoms with Crippen molar-refractivity contribution in [1.29, 1.82) is 0 Å². The summed E-state index contributed by atoms with van der Waals surface area (Å²) in [5.41, 5.74) is 3.58. The number of H-pyrrole nitrogens is 1. The highest BCUT2D eigenvalue weighted by atomic mass is 16.3. The van der Waals surface area contributed by atoms with Gasteiger partial charge in [0.1, 0.15) is 5.69 Å². The third-order valence-corrected chi connectivity index (χ3v) is 4.18. The summed E-state index contributed by atoms with van der Waals surface area (Å²) >= 11 is 0. The average Bonchev–Trinajstić information content (AvgIpc) is 3.26. The average molecular weight is 338 g/mol. The zero-order chi connectivity index (χ0) is 17.8. The van der Waals surface area contributed by atoms with Crippen LogP contribution in [0.4, 0.5) is 11.4 Å². The van der Waals surface area contributed by atoms with Gasteiger partial charge in [-0.1, -0.05) is 0 Å². The second-order valence-corrected chi connectivity index (χ2v) is 5.72. The zero-order valence-electron chi connectivity index (χ0n) is 14.7. The van der Waals surface area contributed by atoms with Gasteiger partial charge in [0.2, 0.25) is 0 Å². The van der Waals surface area contributed by atoms with Gasteiger partial charge in [0.25, 0.3) is 5.91 Å². The van der Waals surface area contributed by atoms with Crippen molar-refractivity contribution in [1.82, 2.24) is 10.2 Å². The summed E-state index contributed by atoms with van der Waals surface area (Å²) in [5, 5.41) is 9.98. The van der Waals surface area contributed by atoms with Gasteiger partial charge < -0.3 is 14.6 Å². The summed E-state index contributed by atoms with van der Waals surface area (Å²) in [6, 6.07) is 11.4. The molecule has 2 aromatic heterocycles. The Morgan fingerprint density at radius 1 is 1.20 bits per heavy atom. The number of benzene rings is 1. The van der Waals surface area contributed by atoms with Crippen molar-refractivity contribution in [2.24, 2.45) is 0 Å². The van der Waals surface area contributed by atoms with Crippen LogP contribution in [0.3, 0.4) is 0 Å². The van der Waals surface area contributed by atoms with Crippen molar-refractivity contribution in [3.63, 3.8) is 0 Å². The molecule has 130 valence electrons. The number of aromatic nitrogens is 2. The Morgan fingerprint density at radius 2 is 1.92 bits per heavy atom. The highest BCUT2D eigenvalue weighted by Gasteiger charge is 2.21. The lowest BCUT2D eigenvalue weighted by Gasteiger charge is -2.21. The molecule has 0 aliphatic carbocycles. The van der Waals surface area contributed by atoms with Crippen LogP contribution in [0.25, 0.3) is 11.5 Å². The quantitative estimate of drug-likeness (QED) is 0.710. The van der Waals surface area contributed by atoms with Crippen LogP contribution in [-0.4, -0.2) is 29.2 Å². The van der Waals surface area contributed by atoms with Crippen LogP contribution < -0.4 is 10.2 Å². The first-order valence-corrected chi connectivity index (χ1v) is 8.39. The number of nitrogens with zero attached hydrogens (tertiary/aromatic N) is 2. The van der Waals surface area contributed by atoms with Gasteiger partial charge in [-0.05, 0) is 57.2 Å². The van der Waals surface area contributed by atoms with E-state index in [9.17, 15) is 4.79 Å². The summed E-state index contributed by atoms with van der Waals surface area (Å²) in [5.74, 6) is 0.347. The van der Waals surface area contributed by atoms with Crippen LogP contribution >= 0.6 is 0 Å². The summed E-state index contributed by atoms with van der Waals surface area (Å²) < 4.78 is 5.37. The highest BCUT2D eigenvalue weighted by Crippen LogP contribution is 2.25. The minimum absolute atomic E-state index is 0.215. The number of nitrogens with one attached hydrogen (secondary N) is 2. The number of aryl methyl sites for hydroxylation is 1. The summed E-state index contributed by atoms with van der Waals surface area (Å²) in [7, 11) is 0. The van der Waals surface area contributed by atoms with Crippen LogP contribution in [0, 0.1) is 6.92 Å². The number of amides is 1. The Kier molecular flexibility index (Phi) is 4.88. The van der Waals surface area contributed by atoms with Gasteiger partial charge in [-0.3, -0.25) is 9.89 Å². The number of carbonyl (C=O) groups excluding carboxylic acids is 1. The van der Waals surface area contributed by atoms with E-state index >= 15 is 0 Å². The van der Waals surface area contributed by atoms with E-state index in [0.29, 0.717) is 22.7 Å². The predicted octanol–water partition coefficient (Wildman–Crippen LogP) is 4.08. The fraction of sp³-hybridized carbons (Fsp3) is 0.263. The van der Waals surface area contributed by atoms with Crippen LogP contribution in [-0.2, 0) is 0 Å². The highest BCUT2D eigenvalue weighted by molar-refractivity contribution is 6.08. The molecule has 25 heavy (non-hydrogen) atoms. The van der Waals surface area contributed by atoms with Crippen LogP contribution in [0.2, 0.25) is 0 Å². The second kappa shape index (κ2) is 7.25. The summed E-state index contributed by atoms with van der Waals surface area (Å²) in [6.45, 7) is 7.96. The number of hydrogen-bond acceptors (Lipinski definition) is 4. The Hall–Kier alpha value is -3.02. The number of hydrogen-bond donors (Lipinski definition) is 2. The zero-order valence-corrected chi connectivity index (χ0v) is 14.7. The number of carbonyl (C=O) groups is 1. The minimum atomic E-state index is -0.215. The predicted molar refractivity (Wildman–Crippen MR) is 99.0 cm³/mol. The van der Waals surface area contributed by atoms with Crippen molar-refractivity contribution in [3.05, 3.63) is 53.9 Å². The molecule has 3 rings (SSSR count). The van der Waals surface area contributed by atoms with Crippen molar-refractivity contribution in [2.45, 2.75) is 20.8 Å². The fourth-order valence-corrected chi connectivity index (χ4v) is 2.84. The molecule has 6 heteroatoms. The summed E-state index contributed by atoms with van der Waals surface area (Å²) in [6.07, 6.45) is 1.56. The molecule has 0 bridgehead atoms. The van der Waals surface area contributed by atoms with Gasteiger partial charge >= 0.3 is 0 Å². The minimum Gasteiger partial charge on any atom is -0.463 e. The van der Waals surface area contributed by atoms with Gasteiger partial charge in [0.05, 0.1) is 11.8 Å². The number of furan rings is 1. The molecule has 0 saturated heterocycles. The Morgan fingerprint density at radius 3 is 2.52 bits per heavy atom. The van der Waals surface area contributed by atoms with Crippen molar-refractivity contribution in [3.8, 4) is 11.5 Å². The van der Waals surface area contributed by atoms with Crippen LogP contribution in [0.15, 0.2) is 47.1 Å². The van der Waals surface area contributed by atoms with Crippen molar-refractivity contribution in [2.75, 3.05) is 23.3 Å². The first kappa shape index (κ1) is 16.8. The third-order valence-electron chi connectivity index (χ3n) is 4.18. The van der Waals surface area contributed by atoms with Gasteiger partial charge in [0, 0.05) is 30.2 Å². The Labute approximate surface area is 146 Å². The molecule has 0 spiro atoms. The van der Waals surface area contributed by atoms with E-state index in [1.54, 1.807) is 18.4 Å². The van der Waals surface area contributed by atoms with Crippen molar-refractivity contribution >= 4 is 17.3 Å². The molecule has 1 aromatic carbocycles. The molecule has 0 atom stereocenters. The number of anilines is 2. The van der Waals surface area contributed by atoms with E-state index in [4.69, 9.17) is 4.42 Å². The van der Waals surface area contributed by atoms with E-state index in [-0.39, 0.29) is 5.91 Å².